The lowest BCUT2D eigenvalue weighted by Gasteiger charge is -2.11. The summed E-state index contributed by atoms with van der Waals surface area (Å²) in [5.41, 5.74) is 6.50. The maximum absolute atomic E-state index is 6.15. The zero-order chi connectivity index (χ0) is 14.5. The van der Waals surface area contributed by atoms with Gasteiger partial charge in [-0.15, -0.1) is 0 Å². The Kier molecular flexibility index (Phi) is 4.63. The Morgan fingerprint density at radius 1 is 1.30 bits per heavy atom. The van der Waals surface area contributed by atoms with Crippen molar-refractivity contribution in [2.75, 3.05) is 18.2 Å². The summed E-state index contributed by atoms with van der Waals surface area (Å²) >= 11 is 6.15. The van der Waals surface area contributed by atoms with Crippen molar-refractivity contribution in [1.82, 2.24) is 9.97 Å². The van der Waals surface area contributed by atoms with Gasteiger partial charge in [-0.25, -0.2) is 9.97 Å². The smallest absolute Gasteiger partial charge is 0.136 e. The minimum Gasteiger partial charge on any atom is -0.497 e. The summed E-state index contributed by atoms with van der Waals surface area (Å²) in [5, 5.41) is 3.73. The second kappa shape index (κ2) is 6.43. The normalized spacial score (nSPS) is 10.3. The average molecular weight is 293 g/mol. The molecule has 1 aromatic carbocycles. The van der Waals surface area contributed by atoms with Gasteiger partial charge in [0, 0.05) is 18.6 Å². The molecule has 0 unspecified atom stereocenters. The van der Waals surface area contributed by atoms with Crippen LogP contribution in [-0.2, 0) is 6.42 Å². The van der Waals surface area contributed by atoms with Crippen molar-refractivity contribution in [3.05, 3.63) is 35.1 Å². The van der Waals surface area contributed by atoms with Gasteiger partial charge in [-0.1, -0.05) is 18.5 Å². The molecule has 20 heavy (non-hydrogen) atoms. The molecule has 0 spiro atoms. The van der Waals surface area contributed by atoms with Gasteiger partial charge in [0.1, 0.15) is 23.2 Å². The third-order valence-electron chi connectivity index (χ3n) is 2.70. The number of ether oxygens (including phenoxy) is 1. The van der Waals surface area contributed by atoms with E-state index in [-0.39, 0.29) is 0 Å². The number of hydrogen-bond donors (Lipinski definition) is 2. The zero-order valence-electron chi connectivity index (χ0n) is 11.5. The number of nitrogen functional groups attached to an aromatic ring is 1. The highest BCUT2D eigenvalue weighted by molar-refractivity contribution is 6.33. The first-order valence-electron chi connectivity index (χ1n) is 6.36. The standard InChI is InChI=1S/C14H17ClN4O/c1-3-4-13-18-12(16)8-14(19-13)17-11-7-9(20-2)5-6-10(11)15/h5-8H,3-4H2,1-2H3,(H3,16,17,18,19). The molecule has 0 aliphatic heterocycles. The molecule has 0 saturated heterocycles. The maximum Gasteiger partial charge on any atom is 0.136 e. The van der Waals surface area contributed by atoms with Crippen molar-refractivity contribution in [2.24, 2.45) is 0 Å². The molecule has 5 nitrogen and oxygen atoms in total. The quantitative estimate of drug-likeness (QED) is 0.883. The largest absolute Gasteiger partial charge is 0.497 e. The van der Waals surface area contributed by atoms with Gasteiger partial charge < -0.3 is 15.8 Å². The molecular weight excluding hydrogens is 276 g/mol. The fraction of sp³-hybridized carbons (Fsp3) is 0.286. The van der Waals surface area contributed by atoms with Crippen molar-refractivity contribution in [3.8, 4) is 5.75 Å². The highest BCUT2D eigenvalue weighted by Gasteiger charge is 2.06. The van der Waals surface area contributed by atoms with E-state index in [1.54, 1.807) is 31.4 Å². The molecule has 1 heterocycles. The lowest BCUT2D eigenvalue weighted by Crippen LogP contribution is -2.03. The van der Waals surface area contributed by atoms with Crippen LogP contribution in [-0.4, -0.2) is 17.1 Å². The van der Waals surface area contributed by atoms with Crippen molar-refractivity contribution >= 4 is 28.9 Å². The van der Waals surface area contributed by atoms with Crippen LogP contribution in [0.2, 0.25) is 5.02 Å². The van der Waals surface area contributed by atoms with Crippen molar-refractivity contribution in [1.29, 1.82) is 0 Å². The summed E-state index contributed by atoms with van der Waals surface area (Å²) in [4.78, 5) is 8.60. The Hall–Kier alpha value is -2.01. The Bertz CT molecular complexity index is 604. The number of nitrogens with two attached hydrogens (primary N) is 1. The summed E-state index contributed by atoms with van der Waals surface area (Å²) in [6, 6.07) is 7.04. The Morgan fingerprint density at radius 2 is 2.10 bits per heavy atom. The van der Waals surface area contributed by atoms with E-state index in [1.807, 2.05) is 0 Å². The molecular formula is C14H17ClN4O. The van der Waals surface area contributed by atoms with Gasteiger partial charge in [-0.2, -0.15) is 0 Å². The molecule has 6 heteroatoms. The van der Waals surface area contributed by atoms with Gasteiger partial charge in [-0.3, -0.25) is 0 Å². The minimum absolute atomic E-state index is 0.435. The van der Waals surface area contributed by atoms with Crippen LogP contribution in [0.15, 0.2) is 24.3 Å². The van der Waals surface area contributed by atoms with Crippen LogP contribution in [0.3, 0.4) is 0 Å². The van der Waals surface area contributed by atoms with Crippen molar-refractivity contribution in [3.63, 3.8) is 0 Å². The van der Waals surface area contributed by atoms with Gasteiger partial charge in [-0.05, 0) is 18.6 Å². The first-order valence-corrected chi connectivity index (χ1v) is 6.74. The van der Waals surface area contributed by atoms with E-state index in [9.17, 15) is 0 Å². The first kappa shape index (κ1) is 14.4. The number of halogens is 1. The summed E-state index contributed by atoms with van der Waals surface area (Å²) in [6.45, 7) is 2.07. The number of rotatable bonds is 5. The predicted molar refractivity (Wildman–Crippen MR) is 81.7 cm³/mol. The van der Waals surface area contributed by atoms with E-state index >= 15 is 0 Å². The summed E-state index contributed by atoms with van der Waals surface area (Å²) in [5.74, 6) is 2.49. The Morgan fingerprint density at radius 3 is 2.80 bits per heavy atom. The third kappa shape index (κ3) is 3.51. The van der Waals surface area contributed by atoms with Crippen LogP contribution in [0.4, 0.5) is 17.3 Å². The molecule has 0 bridgehead atoms. The number of anilines is 3. The van der Waals surface area contributed by atoms with Crippen LogP contribution in [0.5, 0.6) is 5.75 Å². The van der Waals surface area contributed by atoms with E-state index in [1.165, 1.54) is 0 Å². The molecule has 2 aromatic rings. The highest BCUT2D eigenvalue weighted by Crippen LogP contribution is 2.29. The summed E-state index contributed by atoms with van der Waals surface area (Å²) in [6.07, 6.45) is 1.74. The van der Waals surface area contributed by atoms with Gasteiger partial charge in [0.2, 0.25) is 0 Å². The lowest BCUT2D eigenvalue weighted by molar-refractivity contribution is 0.415. The van der Waals surface area contributed by atoms with E-state index in [4.69, 9.17) is 22.1 Å². The number of nitrogens with one attached hydrogen (secondary N) is 1. The Balaban J connectivity index is 2.29. The molecule has 2 rings (SSSR count). The molecule has 106 valence electrons. The molecule has 0 fully saturated rings. The van der Waals surface area contributed by atoms with Gasteiger partial charge in [0.15, 0.2) is 0 Å². The van der Waals surface area contributed by atoms with Gasteiger partial charge in [0.05, 0.1) is 17.8 Å². The maximum atomic E-state index is 6.15. The average Bonchev–Trinajstić information content (AvgIpc) is 2.41. The number of benzene rings is 1. The predicted octanol–water partition coefficient (Wildman–Crippen LogP) is 3.42. The number of aromatic nitrogens is 2. The summed E-state index contributed by atoms with van der Waals surface area (Å²) < 4.78 is 5.18. The van der Waals surface area contributed by atoms with E-state index < -0.39 is 0 Å². The second-order valence-corrected chi connectivity index (χ2v) is 4.72. The highest BCUT2D eigenvalue weighted by atomic mass is 35.5. The molecule has 0 aliphatic rings. The Labute approximate surface area is 123 Å². The second-order valence-electron chi connectivity index (χ2n) is 4.32. The van der Waals surface area contributed by atoms with Crippen LogP contribution in [0, 0.1) is 0 Å². The number of methoxy groups -OCH3 is 1. The van der Waals surface area contributed by atoms with Crippen molar-refractivity contribution < 1.29 is 4.74 Å². The molecule has 0 atom stereocenters. The first-order chi connectivity index (χ1) is 9.62. The number of nitrogens with zero attached hydrogens (tertiary/aromatic N) is 2. The van der Waals surface area contributed by atoms with E-state index in [0.717, 1.165) is 12.8 Å². The lowest BCUT2D eigenvalue weighted by atomic mass is 10.3. The van der Waals surface area contributed by atoms with Crippen LogP contribution in [0.1, 0.15) is 19.2 Å². The SMILES string of the molecule is CCCc1nc(N)cc(Nc2cc(OC)ccc2Cl)n1. The molecule has 0 amide bonds. The molecule has 3 N–H and O–H groups in total. The molecule has 0 saturated carbocycles. The number of aryl methyl sites for hydroxylation is 1. The number of hydrogen-bond acceptors (Lipinski definition) is 5. The third-order valence-corrected chi connectivity index (χ3v) is 3.03. The molecule has 0 aliphatic carbocycles. The molecule has 1 aromatic heterocycles. The fourth-order valence-electron chi connectivity index (χ4n) is 1.78. The molecule has 0 radical (unpaired) electrons. The zero-order valence-corrected chi connectivity index (χ0v) is 12.2. The topological polar surface area (TPSA) is 73.1 Å². The van der Waals surface area contributed by atoms with Crippen LogP contribution >= 0.6 is 11.6 Å². The van der Waals surface area contributed by atoms with Gasteiger partial charge in [0.25, 0.3) is 0 Å². The van der Waals surface area contributed by atoms with Crippen LogP contribution < -0.4 is 15.8 Å². The summed E-state index contributed by atoms with van der Waals surface area (Å²) in [7, 11) is 1.61. The van der Waals surface area contributed by atoms with E-state index in [2.05, 4.69) is 22.2 Å². The van der Waals surface area contributed by atoms with Crippen molar-refractivity contribution in [2.45, 2.75) is 19.8 Å². The van der Waals surface area contributed by atoms with Gasteiger partial charge >= 0.3 is 0 Å². The fourth-order valence-corrected chi connectivity index (χ4v) is 1.95. The minimum atomic E-state index is 0.435. The monoisotopic (exact) mass is 292 g/mol. The van der Waals surface area contributed by atoms with E-state index in [0.29, 0.717) is 33.9 Å². The van der Waals surface area contributed by atoms with Crippen LogP contribution in [0.25, 0.3) is 0 Å².